The molecule has 0 unspecified atom stereocenters. The van der Waals surface area contributed by atoms with Gasteiger partial charge in [0, 0.05) is 10.9 Å². The molecule has 2 rings (SSSR count). The monoisotopic (exact) mass is 309 g/mol. The van der Waals surface area contributed by atoms with E-state index >= 15 is 0 Å². The number of carbonyl (C=O) groups is 2. The van der Waals surface area contributed by atoms with E-state index in [1.165, 1.54) is 7.11 Å². The Hall–Kier alpha value is -1.55. The highest BCUT2D eigenvalue weighted by Gasteiger charge is 2.26. The Bertz CT molecular complexity index is 495. The fraction of sp³-hybridized carbons (Fsp3) is 0.500. The average molecular weight is 310 g/mol. The Balaban J connectivity index is 2.09. The number of amides is 1. The van der Waals surface area contributed by atoms with Gasteiger partial charge in [0.1, 0.15) is 0 Å². The van der Waals surface area contributed by atoms with Crippen LogP contribution in [0.4, 0.5) is 0 Å². The number of ether oxygens (including phenoxy) is 1. The summed E-state index contributed by atoms with van der Waals surface area (Å²) in [5, 5.41) is 3.60. The molecule has 1 aromatic carbocycles. The molecule has 21 heavy (non-hydrogen) atoms. The highest BCUT2D eigenvalue weighted by atomic mass is 35.5. The topological polar surface area (TPSA) is 55.4 Å². The van der Waals surface area contributed by atoms with E-state index in [-0.39, 0.29) is 30.3 Å². The molecule has 1 aromatic rings. The minimum Gasteiger partial charge on any atom is -0.469 e. The summed E-state index contributed by atoms with van der Waals surface area (Å²) < 4.78 is 4.72. The fourth-order valence-corrected chi connectivity index (χ4v) is 2.80. The third-order valence-corrected chi connectivity index (χ3v) is 4.17. The second kappa shape index (κ2) is 7.46. The SMILES string of the molecule is COC(=O)C[C@@H](NC(=O)C1CCCC1)c1ccc(Cl)cc1. The molecule has 0 radical (unpaired) electrons. The molecule has 1 aliphatic carbocycles. The molecule has 1 amide bonds. The van der Waals surface area contributed by atoms with Crippen LogP contribution in [0.2, 0.25) is 5.02 Å². The third-order valence-electron chi connectivity index (χ3n) is 3.91. The first-order valence-electron chi connectivity index (χ1n) is 7.23. The minimum absolute atomic E-state index is 0.0244. The summed E-state index contributed by atoms with van der Waals surface area (Å²) >= 11 is 5.88. The fourth-order valence-electron chi connectivity index (χ4n) is 2.67. The van der Waals surface area contributed by atoms with Crippen LogP contribution in [0.3, 0.4) is 0 Å². The van der Waals surface area contributed by atoms with Crippen molar-refractivity contribution in [2.24, 2.45) is 5.92 Å². The Morgan fingerprint density at radius 2 is 1.90 bits per heavy atom. The van der Waals surface area contributed by atoms with Crippen LogP contribution < -0.4 is 5.32 Å². The van der Waals surface area contributed by atoms with Crippen molar-refractivity contribution in [1.29, 1.82) is 0 Å². The zero-order valence-electron chi connectivity index (χ0n) is 12.1. The van der Waals surface area contributed by atoms with Gasteiger partial charge in [-0.15, -0.1) is 0 Å². The van der Waals surface area contributed by atoms with Crippen LogP contribution in [-0.4, -0.2) is 19.0 Å². The Morgan fingerprint density at radius 1 is 1.29 bits per heavy atom. The number of rotatable bonds is 5. The van der Waals surface area contributed by atoms with E-state index in [0.717, 1.165) is 31.2 Å². The van der Waals surface area contributed by atoms with Crippen molar-refractivity contribution in [2.45, 2.75) is 38.1 Å². The summed E-state index contributed by atoms with van der Waals surface area (Å²) in [6.45, 7) is 0. The summed E-state index contributed by atoms with van der Waals surface area (Å²) in [7, 11) is 1.35. The number of benzene rings is 1. The van der Waals surface area contributed by atoms with Gasteiger partial charge in [-0.1, -0.05) is 36.6 Å². The van der Waals surface area contributed by atoms with Gasteiger partial charge >= 0.3 is 5.97 Å². The van der Waals surface area contributed by atoms with Gasteiger partial charge in [-0.2, -0.15) is 0 Å². The lowest BCUT2D eigenvalue weighted by molar-refractivity contribution is -0.141. The van der Waals surface area contributed by atoms with E-state index in [0.29, 0.717) is 5.02 Å². The molecule has 5 heteroatoms. The Morgan fingerprint density at radius 3 is 2.48 bits per heavy atom. The van der Waals surface area contributed by atoms with E-state index in [1.807, 2.05) is 12.1 Å². The van der Waals surface area contributed by atoms with E-state index in [4.69, 9.17) is 16.3 Å². The largest absolute Gasteiger partial charge is 0.469 e. The van der Waals surface area contributed by atoms with Crippen molar-refractivity contribution in [3.05, 3.63) is 34.9 Å². The maximum Gasteiger partial charge on any atom is 0.307 e. The molecule has 0 saturated heterocycles. The van der Waals surface area contributed by atoms with E-state index in [1.54, 1.807) is 12.1 Å². The van der Waals surface area contributed by atoms with Crippen molar-refractivity contribution < 1.29 is 14.3 Å². The number of carbonyl (C=O) groups excluding carboxylic acids is 2. The summed E-state index contributed by atoms with van der Waals surface area (Å²) in [5.74, 6) is -0.254. The number of hydrogen-bond acceptors (Lipinski definition) is 3. The highest BCUT2D eigenvalue weighted by molar-refractivity contribution is 6.30. The predicted molar refractivity (Wildman–Crippen MR) is 80.9 cm³/mol. The lowest BCUT2D eigenvalue weighted by atomic mass is 10.0. The highest BCUT2D eigenvalue weighted by Crippen LogP contribution is 2.27. The van der Waals surface area contributed by atoms with Crippen LogP contribution in [0.5, 0.6) is 0 Å². The van der Waals surface area contributed by atoms with Crippen LogP contribution in [0, 0.1) is 5.92 Å². The van der Waals surface area contributed by atoms with Gasteiger partial charge in [0.2, 0.25) is 5.91 Å². The maximum atomic E-state index is 12.3. The smallest absolute Gasteiger partial charge is 0.307 e. The molecule has 1 atom stereocenters. The van der Waals surface area contributed by atoms with Gasteiger partial charge in [-0.05, 0) is 30.5 Å². The van der Waals surface area contributed by atoms with Crippen molar-refractivity contribution >= 4 is 23.5 Å². The van der Waals surface area contributed by atoms with Crippen LogP contribution in [-0.2, 0) is 14.3 Å². The molecule has 1 aliphatic rings. The molecule has 1 N–H and O–H groups in total. The second-order valence-corrected chi connectivity index (χ2v) is 5.81. The summed E-state index contributed by atoms with van der Waals surface area (Å²) in [6, 6.07) is 6.78. The van der Waals surface area contributed by atoms with Gasteiger partial charge in [0.05, 0.1) is 19.6 Å². The van der Waals surface area contributed by atoms with Crippen LogP contribution in [0.25, 0.3) is 0 Å². The standard InChI is InChI=1S/C16H20ClNO3/c1-21-15(19)10-14(11-6-8-13(17)9-7-11)18-16(20)12-4-2-3-5-12/h6-9,12,14H,2-5,10H2,1H3,(H,18,20)/t14-/m1/s1. The normalized spacial score (nSPS) is 16.5. The molecular formula is C16H20ClNO3. The lowest BCUT2D eigenvalue weighted by Gasteiger charge is -2.20. The molecule has 0 bridgehead atoms. The zero-order chi connectivity index (χ0) is 15.2. The van der Waals surface area contributed by atoms with Crippen molar-refractivity contribution in [3.8, 4) is 0 Å². The molecule has 0 spiro atoms. The van der Waals surface area contributed by atoms with Gasteiger partial charge in [0.25, 0.3) is 0 Å². The summed E-state index contributed by atoms with van der Waals surface area (Å²) in [4.78, 5) is 23.8. The quantitative estimate of drug-likeness (QED) is 0.849. The zero-order valence-corrected chi connectivity index (χ0v) is 12.9. The number of methoxy groups -OCH3 is 1. The first-order valence-corrected chi connectivity index (χ1v) is 7.60. The maximum absolute atomic E-state index is 12.3. The first kappa shape index (κ1) is 15.8. The summed E-state index contributed by atoms with van der Waals surface area (Å²) in [6.07, 6.45) is 4.17. The van der Waals surface area contributed by atoms with Crippen LogP contribution in [0.1, 0.15) is 43.7 Å². The first-order chi connectivity index (χ1) is 10.1. The van der Waals surface area contributed by atoms with Crippen molar-refractivity contribution in [2.75, 3.05) is 7.11 Å². The summed E-state index contributed by atoms with van der Waals surface area (Å²) in [5.41, 5.74) is 0.858. The molecule has 0 aliphatic heterocycles. The van der Waals surface area contributed by atoms with E-state index in [2.05, 4.69) is 5.32 Å². The second-order valence-electron chi connectivity index (χ2n) is 5.37. The van der Waals surface area contributed by atoms with Crippen molar-refractivity contribution in [3.63, 3.8) is 0 Å². The van der Waals surface area contributed by atoms with Crippen molar-refractivity contribution in [1.82, 2.24) is 5.32 Å². The molecule has 0 aromatic heterocycles. The van der Waals surface area contributed by atoms with Gasteiger partial charge in [0.15, 0.2) is 0 Å². The van der Waals surface area contributed by atoms with Gasteiger partial charge in [-0.3, -0.25) is 9.59 Å². The number of nitrogens with one attached hydrogen (secondary N) is 1. The van der Waals surface area contributed by atoms with Gasteiger partial charge in [-0.25, -0.2) is 0 Å². The van der Waals surface area contributed by atoms with Crippen LogP contribution >= 0.6 is 11.6 Å². The molecule has 0 heterocycles. The Kier molecular flexibility index (Phi) is 5.62. The minimum atomic E-state index is -0.372. The van der Waals surface area contributed by atoms with Crippen LogP contribution in [0.15, 0.2) is 24.3 Å². The van der Waals surface area contributed by atoms with E-state index in [9.17, 15) is 9.59 Å². The molecule has 114 valence electrons. The average Bonchev–Trinajstić information content (AvgIpc) is 3.01. The number of esters is 1. The lowest BCUT2D eigenvalue weighted by Crippen LogP contribution is -2.34. The van der Waals surface area contributed by atoms with E-state index < -0.39 is 0 Å². The molecule has 4 nitrogen and oxygen atoms in total. The number of halogens is 1. The third kappa shape index (κ3) is 4.46. The number of hydrogen-bond donors (Lipinski definition) is 1. The molecular weight excluding hydrogens is 290 g/mol. The molecule has 1 saturated carbocycles. The predicted octanol–water partition coefficient (Wildman–Crippen LogP) is 3.25. The molecule has 1 fully saturated rings. The Labute approximate surface area is 129 Å². The van der Waals surface area contributed by atoms with Gasteiger partial charge < -0.3 is 10.1 Å².